The molecule has 3 aromatic rings. The van der Waals surface area contributed by atoms with Crippen LogP contribution in [-0.2, 0) is 6.54 Å². The van der Waals surface area contributed by atoms with Crippen molar-refractivity contribution in [3.05, 3.63) is 83.3 Å². The molecule has 148 valence electrons. The van der Waals surface area contributed by atoms with Crippen molar-refractivity contribution in [2.75, 3.05) is 0 Å². The van der Waals surface area contributed by atoms with Gasteiger partial charge in [-0.1, -0.05) is 35.0 Å². The quantitative estimate of drug-likeness (QED) is 0.403. The van der Waals surface area contributed by atoms with Gasteiger partial charge in [-0.05, 0) is 24.3 Å². The largest absolute Gasteiger partial charge is 0.359 e. The Balaban J connectivity index is 1.42. The molecule has 0 amide bonds. The molecule has 0 unspecified atom stereocenters. The van der Waals surface area contributed by atoms with Gasteiger partial charge in [0, 0.05) is 16.7 Å². The fourth-order valence-corrected chi connectivity index (χ4v) is 3.17. The van der Waals surface area contributed by atoms with E-state index in [1.165, 1.54) is 18.3 Å². The number of imidazole rings is 1. The second-order valence-corrected chi connectivity index (χ2v) is 7.01. The minimum absolute atomic E-state index is 0.000547. The summed E-state index contributed by atoms with van der Waals surface area (Å²) in [5.74, 6) is -1.24. The molecule has 0 saturated carbocycles. The topological polar surface area (TPSA) is 69.6 Å². The van der Waals surface area contributed by atoms with Crippen LogP contribution in [-0.4, -0.2) is 24.9 Å². The van der Waals surface area contributed by atoms with Gasteiger partial charge in [-0.3, -0.25) is 4.68 Å². The first-order chi connectivity index (χ1) is 14.6. The van der Waals surface area contributed by atoms with Gasteiger partial charge in [0.2, 0.25) is 0 Å². The van der Waals surface area contributed by atoms with Crippen molar-refractivity contribution in [3.8, 4) is 34.0 Å². The van der Waals surface area contributed by atoms with E-state index in [-0.39, 0.29) is 11.4 Å². The van der Waals surface area contributed by atoms with Crippen molar-refractivity contribution in [2.45, 2.75) is 6.54 Å². The molecule has 0 atom stereocenters. The standard InChI is InChI=1S/C21H12ClF2N5O/c22-13-6-4-12(5-7-13)17-8-14(30-28-17)10-29-11-19-18(9-25-29)26-21(27-19)15-2-1-3-16(23)20(15)24/h1-9,11H,10H2. The molecule has 3 heterocycles. The van der Waals surface area contributed by atoms with E-state index in [2.05, 4.69) is 20.2 Å². The molecule has 0 radical (unpaired) electrons. The zero-order chi connectivity index (χ0) is 20.7. The van der Waals surface area contributed by atoms with Crippen LogP contribution in [0.25, 0.3) is 34.0 Å². The lowest BCUT2D eigenvalue weighted by Gasteiger charge is -2.03. The first kappa shape index (κ1) is 18.4. The molecule has 0 N–H and O–H groups in total. The van der Waals surface area contributed by atoms with Crippen molar-refractivity contribution in [2.24, 2.45) is 0 Å². The predicted octanol–water partition coefficient (Wildman–Crippen LogP) is 5.08. The van der Waals surface area contributed by atoms with E-state index in [4.69, 9.17) is 16.1 Å². The number of nitrogens with zero attached hydrogens (tertiary/aromatic N) is 5. The summed E-state index contributed by atoms with van der Waals surface area (Å²) < 4.78 is 34.5. The molecule has 9 heteroatoms. The van der Waals surface area contributed by atoms with Gasteiger partial charge < -0.3 is 4.52 Å². The Morgan fingerprint density at radius 1 is 0.967 bits per heavy atom. The molecule has 0 saturated heterocycles. The summed E-state index contributed by atoms with van der Waals surface area (Å²) in [7, 11) is 0. The SMILES string of the molecule is Fc1cccc(-c2nc3cnn(Cc4cc(-c5ccc(Cl)cc5)no4)cc-3n2)c1F. The Kier molecular flexibility index (Phi) is 4.48. The van der Waals surface area contributed by atoms with Crippen LogP contribution in [0.2, 0.25) is 5.02 Å². The zero-order valence-corrected chi connectivity index (χ0v) is 16.0. The molecule has 5 rings (SSSR count). The highest BCUT2D eigenvalue weighted by Crippen LogP contribution is 2.27. The Morgan fingerprint density at radius 2 is 1.77 bits per heavy atom. The van der Waals surface area contributed by atoms with E-state index >= 15 is 0 Å². The molecule has 1 aromatic heterocycles. The molecule has 2 aliphatic heterocycles. The van der Waals surface area contributed by atoms with Gasteiger partial charge in [-0.2, -0.15) is 5.10 Å². The van der Waals surface area contributed by atoms with Gasteiger partial charge in [0.1, 0.15) is 23.6 Å². The van der Waals surface area contributed by atoms with Crippen LogP contribution in [0.1, 0.15) is 5.76 Å². The van der Waals surface area contributed by atoms with Crippen molar-refractivity contribution < 1.29 is 13.3 Å². The summed E-state index contributed by atoms with van der Waals surface area (Å²) >= 11 is 5.91. The Bertz CT molecular complexity index is 1320. The average molecular weight is 424 g/mol. The maximum Gasteiger partial charge on any atom is 0.169 e. The lowest BCUT2D eigenvalue weighted by Crippen LogP contribution is -2.04. The summed E-state index contributed by atoms with van der Waals surface area (Å²) in [6.07, 6.45) is 3.17. The molecular formula is C21H12ClF2N5O. The van der Waals surface area contributed by atoms with E-state index in [1.54, 1.807) is 23.0 Å². The smallest absolute Gasteiger partial charge is 0.169 e. The number of halogens is 3. The Labute approximate surface area is 174 Å². The molecule has 0 fully saturated rings. The number of rotatable bonds is 4. The summed E-state index contributed by atoms with van der Waals surface area (Å²) in [5, 5.41) is 9.00. The van der Waals surface area contributed by atoms with Crippen molar-refractivity contribution in [1.82, 2.24) is 24.9 Å². The van der Waals surface area contributed by atoms with Crippen molar-refractivity contribution in [3.63, 3.8) is 0 Å². The van der Waals surface area contributed by atoms with Crippen molar-refractivity contribution in [1.29, 1.82) is 0 Å². The van der Waals surface area contributed by atoms with Crippen LogP contribution in [0.5, 0.6) is 0 Å². The lowest BCUT2D eigenvalue weighted by atomic mass is 10.1. The van der Waals surface area contributed by atoms with E-state index in [9.17, 15) is 8.78 Å². The fraction of sp³-hybridized carbons (Fsp3) is 0.0476. The van der Waals surface area contributed by atoms with Gasteiger partial charge in [0.25, 0.3) is 0 Å². The number of hydrogen-bond donors (Lipinski definition) is 0. The highest BCUT2D eigenvalue weighted by atomic mass is 35.5. The van der Waals surface area contributed by atoms with Crippen LogP contribution in [0, 0.1) is 11.6 Å². The van der Waals surface area contributed by atoms with Crippen LogP contribution in [0.15, 0.2) is 65.4 Å². The average Bonchev–Trinajstić information content (AvgIpc) is 3.37. The molecule has 0 bridgehead atoms. The summed E-state index contributed by atoms with van der Waals surface area (Å²) in [6.45, 7) is 0.313. The Morgan fingerprint density at radius 3 is 2.60 bits per heavy atom. The molecule has 30 heavy (non-hydrogen) atoms. The summed E-state index contributed by atoms with van der Waals surface area (Å²) in [6, 6.07) is 13.0. The third-order valence-electron chi connectivity index (χ3n) is 4.52. The maximum atomic E-state index is 14.0. The van der Waals surface area contributed by atoms with Crippen LogP contribution in [0.4, 0.5) is 8.78 Å². The summed E-state index contributed by atoms with van der Waals surface area (Å²) in [4.78, 5) is 8.55. The van der Waals surface area contributed by atoms with E-state index in [0.717, 1.165) is 11.6 Å². The molecule has 2 aliphatic rings. The fourth-order valence-electron chi connectivity index (χ4n) is 3.05. The minimum atomic E-state index is -0.981. The number of benzene rings is 2. The number of aromatic nitrogens is 5. The van der Waals surface area contributed by atoms with Gasteiger partial charge in [-0.15, -0.1) is 0 Å². The van der Waals surface area contributed by atoms with Crippen LogP contribution >= 0.6 is 11.6 Å². The highest BCUT2D eigenvalue weighted by molar-refractivity contribution is 6.30. The first-order valence-corrected chi connectivity index (χ1v) is 9.31. The van der Waals surface area contributed by atoms with Gasteiger partial charge >= 0.3 is 0 Å². The predicted molar refractivity (Wildman–Crippen MR) is 106 cm³/mol. The monoisotopic (exact) mass is 423 g/mol. The Hall–Kier alpha value is -3.65. The minimum Gasteiger partial charge on any atom is -0.359 e. The van der Waals surface area contributed by atoms with E-state index in [1.807, 2.05) is 18.2 Å². The number of fused-ring (bicyclic) bond motifs is 1. The molecular weight excluding hydrogens is 412 g/mol. The first-order valence-electron chi connectivity index (χ1n) is 8.93. The second-order valence-electron chi connectivity index (χ2n) is 6.58. The molecule has 0 spiro atoms. The maximum absolute atomic E-state index is 14.0. The van der Waals surface area contributed by atoms with Gasteiger partial charge in [0.05, 0.1) is 18.0 Å². The molecule has 0 aliphatic carbocycles. The van der Waals surface area contributed by atoms with Crippen molar-refractivity contribution >= 4 is 11.6 Å². The van der Waals surface area contributed by atoms with E-state index in [0.29, 0.717) is 34.4 Å². The normalized spacial score (nSPS) is 11.3. The van der Waals surface area contributed by atoms with Crippen LogP contribution in [0.3, 0.4) is 0 Å². The number of hydrogen-bond acceptors (Lipinski definition) is 5. The second kappa shape index (κ2) is 7.31. The van der Waals surface area contributed by atoms with Crippen LogP contribution < -0.4 is 0 Å². The van der Waals surface area contributed by atoms with Gasteiger partial charge in [-0.25, -0.2) is 18.7 Å². The zero-order valence-electron chi connectivity index (χ0n) is 15.3. The van der Waals surface area contributed by atoms with E-state index < -0.39 is 11.6 Å². The lowest BCUT2D eigenvalue weighted by molar-refractivity contribution is 0.372. The molecule has 2 aromatic carbocycles. The highest BCUT2D eigenvalue weighted by Gasteiger charge is 2.18. The van der Waals surface area contributed by atoms with Gasteiger partial charge in [0.15, 0.2) is 23.2 Å². The molecule has 6 nitrogen and oxygen atoms in total. The summed E-state index contributed by atoms with van der Waals surface area (Å²) in [5.41, 5.74) is 2.54. The third kappa shape index (κ3) is 3.42. The third-order valence-corrected chi connectivity index (χ3v) is 4.78.